The van der Waals surface area contributed by atoms with Gasteiger partial charge in [0.15, 0.2) is 5.78 Å². The van der Waals surface area contributed by atoms with Crippen molar-refractivity contribution >= 4 is 5.78 Å². The fourth-order valence-electron chi connectivity index (χ4n) is 6.33. The van der Waals surface area contributed by atoms with E-state index in [-0.39, 0.29) is 0 Å². The van der Waals surface area contributed by atoms with E-state index >= 15 is 0 Å². The summed E-state index contributed by atoms with van der Waals surface area (Å²) in [7, 11) is 0. The average molecular weight is 269 g/mol. The number of nitrogens with zero attached hydrogens (tertiary/aromatic N) is 1. The number of fused-ring (bicyclic) bond motifs is 1. The van der Waals surface area contributed by atoms with Crippen molar-refractivity contribution in [3.05, 3.63) is 23.5 Å². The second-order valence-electron chi connectivity index (χ2n) is 7.96. The number of aromatic nitrogens is 1. The van der Waals surface area contributed by atoms with Crippen LogP contribution in [0.5, 0.6) is 0 Å². The molecule has 0 amide bonds. The summed E-state index contributed by atoms with van der Waals surface area (Å²) < 4.78 is 2.59. The normalized spacial score (nSPS) is 42.0. The van der Waals surface area contributed by atoms with Crippen molar-refractivity contribution in [2.45, 2.75) is 63.3 Å². The summed E-state index contributed by atoms with van der Waals surface area (Å²) in [6.07, 6.45) is 13.8. The van der Waals surface area contributed by atoms with Crippen LogP contribution in [0.4, 0.5) is 0 Å². The number of carbonyl (C=O) groups excluding carboxylic acids is 1. The number of carbonyl (C=O) groups is 1. The minimum absolute atomic E-state index is 0.384. The fourth-order valence-corrected chi connectivity index (χ4v) is 6.33. The molecule has 5 aliphatic carbocycles. The molecule has 0 aromatic carbocycles. The van der Waals surface area contributed by atoms with E-state index in [9.17, 15) is 4.79 Å². The summed E-state index contributed by atoms with van der Waals surface area (Å²) in [6, 6.07) is 2.12. The number of ketones is 1. The van der Waals surface area contributed by atoms with Crippen molar-refractivity contribution < 1.29 is 4.79 Å². The molecular weight excluding hydrogens is 246 g/mol. The molecule has 1 aromatic heterocycles. The first-order valence-corrected chi connectivity index (χ1v) is 8.47. The molecule has 0 spiro atoms. The van der Waals surface area contributed by atoms with Gasteiger partial charge in [-0.3, -0.25) is 4.79 Å². The lowest BCUT2D eigenvalue weighted by molar-refractivity contribution is -0.0442. The van der Waals surface area contributed by atoms with Crippen molar-refractivity contribution in [2.75, 3.05) is 0 Å². The van der Waals surface area contributed by atoms with Gasteiger partial charge in [0, 0.05) is 29.4 Å². The second-order valence-corrected chi connectivity index (χ2v) is 7.96. The highest BCUT2D eigenvalue weighted by Crippen LogP contribution is 2.59. The monoisotopic (exact) mass is 269 g/mol. The summed E-state index contributed by atoms with van der Waals surface area (Å²) >= 11 is 0. The van der Waals surface area contributed by atoms with Crippen LogP contribution < -0.4 is 0 Å². The minimum atomic E-state index is 0.384. The lowest BCUT2D eigenvalue weighted by Crippen LogP contribution is -2.52. The van der Waals surface area contributed by atoms with E-state index in [0.717, 1.165) is 42.6 Å². The van der Waals surface area contributed by atoms with E-state index in [1.807, 2.05) is 0 Å². The number of hydrogen-bond acceptors (Lipinski definition) is 1. The zero-order valence-electron chi connectivity index (χ0n) is 12.1. The van der Waals surface area contributed by atoms with Crippen LogP contribution in [-0.4, -0.2) is 10.4 Å². The average Bonchev–Trinajstić information content (AvgIpc) is 2.83. The van der Waals surface area contributed by atoms with Crippen LogP contribution >= 0.6 is 0 Å². The third kappa shape index (κ3) is 1.43. The lowest BCUT2D eigenvalue weighted by Gasteiger charge is -2.57. The Hall–Kier alpha value is -1.05. The maximum absolute atomic E-state index is 12.1. The maximum atomic E-state index is 12.1. The largest absolute Gasteiger partial charge is 0.345 e. The zero-order chi connectivity index (χ0) is 13.3. The smallest absolute Gasteiger partial charge is 0.164 e. The van der Waals surface area contributed by atoms with Crippen LogP contribution in [0.2, 0.25) is 0 Å². The van der Waals surface area contributed by atoms with Gasteiger partial charge < -0.3 is 4.57 Å². The van der Waals surface area contributed by atoms with E-state index in [0.29, 0.717) is 11.3 Å². The summed E-state index contributed by atoms with van der Waals surface area (Å²) in [6.45, 7) is 0. The van der Waals surface area contributed by atoms with E-state index in [1.54, 1.807) is 0 Å². The molecule has 0 aliphatic heterocycles. The first-order valence-electron chi connectivity index (χ1n) is 8.47. The van der Waals surface area contributed by atoms with Crippen LogP contribution in [0.1, 0.15) is 67.4 Å². The van der Waals surface area contributed by atoms with Crippen LogP contribution in [0, 0.1) is 17.8 Å². The molecule has 0 atom stereocenters. The molecule has 20 heavy (non-hydrogen) atoms. The van der Waals surface area contributed by atoms with Gasteiger partial charge in [0.05, 0.1) is 0 Å². The van der Waals surface area contributed by atoms with E-state index in [4.69, 9.17) is 0 Å². The van der Waals surface area contributed by atoms with Crippen LogP contribution in [0.15, 0.2) is 12.3 Å². The van der Waals surface area contributed by atoms with Crippen LogP contribution in [0.3, 0.4) is 0 Å². The Kier molecular flexibility index (Phi) is 2.19. The third-order valence-electron chi connectivity index (χ3n) is 6.63. The molecule has 4 bridgehead atoms. The molecule has 0 unspecified atom stereocenters. The molecule has 1 heterocycles. The fraction of sp³-hybridized carbons (Fsp3) is 0.722. The maximum Gasteiger partial charge on any atom is 0.164 e. The zero-order valence-corrected chi connectivity index (χ0v) is 12.1. The first kappa shape index (κ1) is 11.6. The van der Waals surface area contributed by atoms with E-state index in [2.05, 4.69) is 16.8 Å². The second kappa shape index (κ2) is 3.78. The van der Waals surface area contributed by atoms with Gasteiger partial charge in [-0.25, -0.2) is 0 Å². The molecule has 0 N–H and O–H groups in total. The van der Waals surface area contributed by atoms with E-state index in [1.165, 1.54) is 44.2 Å². The molecule has 2 heteroatoms. The van der Waals surface area contributed by atoms with Crippen LogP contribution in [0.25, 0.3) is 0 Å². The SMILES string of the molecule is O=C1CCCc2c1ccn2C12CC3CC(CC(C3)C1)C2. The molecule has 2 nitrogen and oxygen atoms in total. The van der Waals surface area contributed by atoms with Crippen molar-refractivity contribution in [2.24, 2.45) is 17.8 Å². The molecule has 6 rings (SSSR count). The van der Waals surface area contributed by atoms with Gasteiger partial charge in [0.2, 0.25) is 0 Å². The van der Waals surface area contributed by atoms with Gasteiger partial charge in [-0.05, 0) is 75.2 Å². The van der Waals surface area contributed by atoms with Gasteiger partial charge in [0.25, 0.3) is 0 Å². The molecule has 4 fully saturated rings. The van der Waals surface area contributed by atoms with E-state index < -0.39 is 0 Å². The Labute approximate surface area is 120 Å². The Morgan fingerprint density at radius 3 is 2.30 bits per heavy atom. The summed E-state index contributed by atoms with van der Waals surface area (Å²) in [4.78, 5) is 12.1. The highest BCUT2D eigenvalue weighted by atomic mass is 16.1. The number of rotatable bonds is 1. The summed E-state index contributed by atoms with van der Waals surface area (Å²) in [5.74, 6) is 3.30. The summed E-state index contributed by atoms with van der Waals surface area (Å²) in [5, 5.41) is 0. The quantitative estimate of drug-likeness (QED) is 0.757. The van der Waals surface area contributed by atoms with Crippen molar-refractivity contribution in [3.8, 4) is 0 Å². The topological polar surface area (TPSA) is 22.0 Å². The predicted molar refractivity (Wildman–Crippen MR) is 77.8 cm³/mol. The predicted octanol–water partition coefficient (Wildman–Crippen LogP) is 3.93. The lowest BCUT2D eigenvalue weighted by atomic mass is 9.53. The Balaban J connectivity index is 1.62. The Bertz CT molecular complexity index is 547. The molecule has 1 aromatic rings. The van der Waals surface area contributed by atoms with Crippen molar-refractivity contribution in [3.63, 3.8) is 0 Å². The van der Waals surface area contributed by atoms with Gasteiger partial charge in [-0.15, -0.1) is 0 Å². The van der Waals surface area contributed by atoms with Crippen LogP contribution in [-0.2, 0) is 12.0 Å². The van der Waals surface area contributed by atoms with Gasteiger partial charge >= 0.3 is 0 Å². The van der Waals surface area contributed by atoms with Gasteiger partial charge in [-0.2, -0.15) is 0 Å². The molecule has 106 valence electrons. The standard InChI is InChI=1S/C18H23NO/c20-17-3-1-2-16-15(17)4-5-19(16)18-9-12-6-13(10-18)8-14(7-12)11-18/h4-5,12-14H,1-3,6-11H2. The summed E-state index contributed by atoms with van der Waals surface area (Å²) in [5.41, 5.74) is 2.81. The first-order chi connectivity index (χ1) is 9.73. The molecule has 4 saturated carbocycles. The Morgan fingerprint density at radius 2 is 1.65 bits per heavy atom. The highest BCUT2D eigenvalue weighted by Gasteiger charge is 2.52. The highest BCUT2D eigenvalue weighted by molar-refractivity contribution is 5.98. The van der Waals surface area contributed by atoms with Crippen molar-refractivity contribution in [1.29, 1.82) is 0 Å². The van der Waals surface area contributed by atoms with Crippen molar-refractivity contribution in [1.82, 2.24) is 4.57 Å². The number of Topliss-reactive ketones (excluding diaryl/α,β-unsaturated/α-hetero) is 1. The molecular formula is C18H23NO. The molecule has 0 radical (unpaired) electrons. The Morgan fingerprint density at radius 1 is 1.00 bits per heavy atom. The molecule has 5 aliphatic rings. The molecule has 0 saturated heterocycles. The van der Waals surface area contributed by atoms with Gasteiger partial charge in [0.1, 0.15) is 0 Å². The third-order valence-corrected chi connectivity index (χ3v) is 6.63. The van der Waals surface area contributed by atoms with Gasteiger partial charge in [-0.1, -0.05) is 0 Å². The minimum Gasteiger partial charge on any atom is -0.345 e. The number of hydrogen-bond donors (Lipinski definition) is 0.